The third kappa shape index (κ3) is 3.41. The van der Waals surface area contributed by atoms with Gasteiger partial charge in [-0.05, 0) is 30.0 Å². The summed E-state index contributed by atoms with van der Waals surface area (Å²) in [5.74, 6) is 1.46. The van der Waals surface area contributed by atoms with Gasteiger partial charge in [0.05, 0.1) is 17.0 Å². The van der Waals surface area contributed by atoms with Crippen LogP contribution in [0, 0.1) is 6.92 Å². The third-order valence-corrected chi connectivity index (χ3v) is 5.19. The van der Waals surface area contributed by atoms with Crippen molar-refractivity contribution in [2.75, 3.05) is 6.54 Å². The number of oxazole rings is 1. The maximum atomic E-state index is 12.3. The van der Waals surface area contributed by atoms with Gasteiger partial charge in [-0.15, -0.1) is 11.3 Å². The quantitative estimate of drug-likeness (QED) is 0.540. The van der Waals surface area contributed by atoms with Crippen molar-refractivity contribution < 1.29 is 9.21 Å². The first-order chi connectivity index (χ1) is 12.7. The Morgan fingerprint density at radius 1 is 1.27 bits per heavy atom. The number of H-pyrrole nitrogens is 1. The van der Waals surface area contributed by atoms with Crippen LogP contribution in [0.3, 0.4) is 0 Å². The average Bonchev–Trinajstić information content (AvgIpc) is 3.36. The zero-order chi connectivity index (χ0) is 17.9. The van der Waals surface area contributed by atoms with Crippen LogP contribution in [0.1, 0.15) is 17.0 Å². The number of rotatable bonds is 6. The fourth-order valence-electron chi connectivity index (χ4n) is 3.00. The molecule has 2 N–H and O–H groups in total. The topological polar surface area (TPSA) is 70.9 Å². The van der Waals surface area contributed by atoms with Crippen LogP contribution in [0.4, 0.5) is 0 Å². The van der Waals surface area contributed by atoms with Crippen LogP contribution in [0.5, 0.6) is 0 Å². The van der Waals surface area contributed by atoms with Crippen LogP contribution in [0.2, 0.25) is 0 Å². The molecule has 6 heteroatoms. The van der Waals surface area contributed by atoms with Crippen molar-refractivity contribution in [1.29, 1.82) is 0 Å². The van der Waals surface area contributed by atoms with Gasteiger partial charge in [0.2, 0.25) is 11.8 Å². The van der Waals surface area contributed by atoms with Crippen LogP contribution in [0.15, 0.2) is 52.4 Å². The Bertz CT molecular complexity index is 1030. The minimum Gasteiger partial charge on any atom is -0.440 e. The highest BCUT2D eigenvalue weighted by molar-refractivity contribution is 7.13. The standard InChI is InChI=1S/C20H19N3O2S/c1-13-16(23-20(25-13)18-7-4-10-26-18)8-9-21-19(24)11-14-12-22-17-6-3-2-5-15(14)17/h2-7,10,12,22H,8-9,11H2,1H3,(H,21,24). The van der Waals surface area contributed by atoms with Crippen LogP contribution in [-0.4, -0.2) is 22.4 Å². The van der Waals surface area contributed by atoms with Crippen molar-refractivity contribution in [2.24, 2.45) is 0 Å². The number of thiophene rings is 1. The summed E-state index contributed by atoms with van der Waals surface area (Å²) in [6.45, 7) is 2.45. The lowest BCUT2D eigenvalue weighted by atomic mass is 10.1. The zero-order valence-electron chi connectivity index (χ0n) is 14.4. The van der Waals surface area contributed by atoms with Gasteiger partial charge in [-0.1, -0.05) is 24.3 Å². The van der Waals surface area contributed by atoms with E-state index in [0.717, 1.165) is 32.8 Å². The number of carbonyl (C=O) groups excluding carboxylic acids is 1. The predicted molar refractivity (Wildman–Crippen MR) is 103 cm³/mol. The number of aromatic amines is 1. The van der Waals surface area contributed by atoms with Crippen molar-refractivity contribution in [3.8, 4) is 10.8 Å². The molecule has 132 valence electrons. The highest BCUT2D eigenvalue weighted by Gasteiger charge is 2.13. The third-order valence-electron chi connectivity index (χ3n) is 4.33. The fourth-order valence-corrected chi connectivity index (χ4v) is 3.65. The number of nitrogens with zero attached hydrogens (tertiary/aromatic N) is 1. The summed E-state index contributed by atoms with van der Waals surface area (Å²) in [5.41, 5.74) is 2.95. The van der Waals surface area contributed by atoms with Crippen molar-refractivity contribution in [1.82, 2.24) is 15.3 Å². The van der Waals surface area contributed by atoms with E-state index in [0.29, 0.717) is 25.3 Å². The molecule has 1 amide bonds. The fraction of sp³-hybridized carbons (Fsp3) is 0.200. The summed E-state index contributed by atoms with van der Waals surface area (Å²) in [4.78, 5) is 21.0. The molecule has 1 aromatic carbocycles. The maximum absolute atomic E-state index is 12.3. The lowest BCUT2D eigenvalue weighted by Gasteiger charge is -2.04. The number of benzene rings is 1. The Labute approximate surface area is 155 Å². The molecule has 4 rings (SSSR count). The number of hydrogen-bond donors (Lipinski definition) is 2. The molecule has 4 aromatic rings. The van der Waals surface area contributed by atoms with Crippen LogP contribution in [-0.2, 0) is 17.6 Å². The van der Waals surface area contributed by atoms with Gasteiger partial charge in [-0.3, -0.25) is 4.79 Å². The van der Waals surface area contributed by atoms with Crippen molar-refractivity contribution >= 4 is 28.1 Å². The van der Waals surface area contributed by atoms with Gasteiger partial charge in [0.15, 0.2) is 0 Å². The van der Waals surface area contributed by atoms with E-state index < -0.39 is 0 Å². The van der Waals surface area contributed by atoms with Crippen LogP contribution >= 0.6 is 11.3 Å². The molecule has 0 atom stereocenters. The molecule has 0 aliphatic heterocycles. The van der Waals surface area contributed by atoms with E-state index in [1.165, 1.54) is 0 Å². The minimum absolute atomic E-state index is 0.00869. The molecule has 26 heavy (non-hydrogen) atoms. The minimum atomic E-state index is 0.00869. The molecule has 0 unspecified atom stereocenters. The van der Waals surface area contributed by atoms with Crippen molar-refractivity contribution in [3.05, 3.63) is 65.0 Å². The molecule has 5 nitrogen and oxygen atoms in total. The van der Waals surface area contributed by atoms with E-state index in [1.54, 1.807) is 11.3 Å². The molecule has 0 fully saturated rings. The Hall–Kier alpha value is -2.86. The molecule has 3 aromatic heterocycles. The monoisotopic (exact) mass is 365 g/mol. The summed E-state index contributed by atoms with van der Waals surface area (Å²) < 4.78 is 5.73. The normalized spacial score (nSPS) is 11.1. The number of para-hydroxylation sites is 1. The van der Waals surface area contributed by atoms with E-state index in [4.69, 9.17) is 4.42 Å². The molecular formula is C20H19N3O2S. The number of amides is 1. The van der Waals surface area contributed by atoms with Gasteiger partial charge in [-0.25, -0.2) is 4.98 Å². The second kappa shape index (κ2) is 7.17. The van der Waals surface area contributed by atoms with E-state index in [-0.39, 0.29) is 5.91 Å². The Morgan fingerprint density at radius 3 is 3.00 bits per heavy atom. The molecule has 3 heterocycles. The van der Waals surface area contributed by atoms with Gasteiger partial charge < -0.3 is 14.7 Å². The molecule has 0 aliphatic rings. The molecule has 0 saturated heterocycles. The smallest absolute Gasteiger partial charge is 0.236 e. The highest BCUT2D eigenvalue weighted by atomic mass is 32.1. The summed E-state index contributed by atoms with van der Waals surface area (Å²) in [6, 6.07) is 12.0. The second-order valence-corrected chi connectivity index (χ2v) is 7.08. The summed E-state index contributed by atoms with van der Waals surface area (Å²) in [6.07, 6.45) is 2.92. The Kier molecular flexibility index (Phi) is 4.58. The Balaban J connectivity index is 1.34. The first kappa shape index (κ1) is 16.6. The number of carbonyl (C=O) groups is 1. The predicted octanol–water partition coefficient (Wildman–Crippen LogP) is 4.09. The first-order valence-electron chi connectivity index (χ1n) is 8.52. The van der Waals surface area contributed by atoms with E-state index >= 15 is 0 Å². The molecule has 0 radical (unpaired) electrons. The largest absolute Gasteiger partial charge is 0.440 e. The summed E-state index contributed by atoms with van der Waals surface area (Å²) in [7, 11) is 0. The molecule has 0 bridgehead atoms. The number of nitrogens with one attached hydrogen (secondary N) is 2. The number of aryl methyl sites for hydroxylation is 1. The van der Waals surface area contributed by atoms with Crippen molar-refractivity contribution in [2.45, 2.75) is 19.8 Å². The van der Waals surface area contributed by atoms with E-state index in [2.05, 4.69) is 15.3 Å². The molecule has 0 spiro atoms. The van der Waals surface area contributed by atoms with E-state index in [9.17, 15) is 4.79 Å². The van der Waals surface area contributed by atoms with Gasteiger partial charge >= 0.3 is 0 Å². The highest BCUT2D eigenvalue weighted by Crippen LogP contribution is 2.26. The van der Waals surface area contributed by atoms with Gasteiger partial charge in [0.1, 0.15) is 5.76 Å². The summed E-state index contributed by atoms with van der Waals surface area (Å²) >= 11 is 1.60. The lowest BCUT2D eigenvalue weighted by molar-refractivity contribution is -0.120. The van der Waals surface area contributed by atoms with Crippen LogP contribution < -0.4 is 5.32 Å². The van der Waals surface area contributed by atoms with Gasteiger partial charge in [0.25, 0.3) is 0 Å². The number of aromatic nitrogens is 2. The first-order valence-corrected chi connectivity index (χ1v) is 9.40. The molecular weight excluding hydrogens is 346 g/mol. The van der Waals surface area contributed by atoms with Gasteiger partial charge in [-0.2, -0.15) is 0 Å². The van der Waals surface area contributed by atoms with Gasteiger partial charge in [0, 0.05) is 30.1 Å². The average molecular weight is 365 g/mol. The van der Waals surface area contributed by atoms with Crippen molar-refractivity contribution in [3.63, 3.8) is 0 Å². The van der Waals surface area contributed by atoms with E-state index in [1.807, 2.05) is 54.9 Å². The number of hydrogen-bond acceptors (Lipinski definition) is 4. The summed E-state index contributed by atoms with van der Waals surface area (Å²) in [5, 5.41) is 6.07. The second-order valence-electron chi connectivity index (χ2n) is 6.14. The number of fused-ring (bicyclic) bond motifs is 1. The molecule has 0 saturated carbocycles. The SMILES string of the molecule is Cc1oc(-c2cccs2)nc1CCNC(=O)Cc1c[nH]c2ccccc12. The van der Waals surface area contributed by atoms with Crippen LogP contribution in [0.25, 0.3) is 21.7 Å². The molecule has 0 aliphatic carbocycles. The zero-order valence-corrected chi connectivity index (χ0v) is 15.2. The Morgan fingerprint density at radius 2 is 2.15 bits per heavy atom. The maximum Gasteiger partial charge on any atom is 0.236 e. The lowest BCUT2D eigenvalue weighted by Crippen LogP contribution is -2.27.